The molecule has 0 bridgehead atoms. The third-order valence-electron chi connectivity index (χ3n) is 2.60. The van der Waals surface area contributed by atoms with Gasteiger partial charge >= 0.3 is 0 Å². The standard InChI is InChI=1S/C14H10O/c1-2-4-12-9-13(6-5-11(12)3-1)14-7-8-15-10-14/h1-10H. The van der Waals surface area contributed by atoms with Crippen LogP contribution >= 0.6 is 0 Å². The average molecular weight is 194 g/mol. The Balaban J connectivity index is 2.22. The van der Waals surface area contributed by atoms with Gasteiger partial charge in [-0.15, -0.1) is 0 Å². The Kier molecular flexibility index (Phi) is 1.82. The third kappa shape index (κ3) is 1.42. The van der Waals surface area contributed by atoms with Gasteiger partial charge in [0.05, 0.1) is 12.5 Å². The number of hydrogen-bond donors (Lipinski definition) is 0. The lowest BCUT2D eigenvalue weighted by Gasteiger charge is -2.00. The maximum absolute atomic E-state index is 5.08. The lowest BCUT2D eigenvalue weighted by Crippen LogP contribution is -1.75. The first-order chi connectivity index (χ1) is 7.43. The fraction of sp³-hybridized carbons (Fsp3) is 0. The molecule has 0 aliphatic heterocycles. The van der Waals surface area contributed by atoms with Gasteiger partial charge in [0.1, 0.15) is 0 Å². The smallest absolute Gasteiger partial charge is 0.0980 e. The summed E-state index contributed by atoms with van der Waals surface area (Å²) in [5.74, 6) is 0. The monoisotopic (exact) mass is 194 g/mol. The fourth-order valence-electron chi connectivity index (χ4n) is 1.80. The molecule has 1 nitrogen and oxygen atoms in total. The minimum atomic E-state index is 1.13. The van der Waals surface area contributed by atoms with E-state index in [2.05, 4.69) is 42.5 Å². The Morgan fingerprint density at radius 2 is 1.60 bits per heavy atom. The predicted octanol–water partition coefficient (Wildman–Crippen LogP) is 4.10. The SMILES string of the molecule is c1ccc2cc(-c3ccoc3)ccc2c1. The van der Waals surface area contributed by atoms with Crippen LogP contribution in [0, 0.1) is 0 Å². The summed E-state index contributed by atoms with van der Waals surface area (Å²) in [4.78, 5) is 0. The molecule has 0 atom stereocenters. The van der Waals surface area contributed by atoms with Gasteiger partial charge in [-0.3, -0.25) is 0 Å². The van der Waals surface area contributed by atoms with E-state index in [1.807, 2.05) is 6.07 Å². The first-order valence-corrected chi connectivity index (χ1v) is 4.95. The van der Waals surface area contributed by atoms with Gasteiger partial charge in [0, 0.05) is 5.56 Å². The predicted molar refractivity (Wildman–Crippen MR) is 61.7 cm³/mol. The van der Waals surface area contributed by atoms with Gasteiger partial charge in [0.25, 0.3) is 0 Å². The van der Waals surface area contributed by atoms with Crippen molar-refractivity contribution in [1.82, 2.24) is 0 Å². The fourth-order valence-corrected chi connectivity index (χ4v) is 1.80. The highest BCUT2D eigenvalue weighted by Crippen LogP contribution is 2.24. The summed E-state index contributed by atoms with van der Waals surface area (Å²) in [6.07, 6.45) is 3.47. The van der Waals surface area contributed by atoms with Crippen LogP contribution in [-0.4, -0.2) is 0 Å². The summed E-state index contributed by atoms with van der Waals surface area (Å²) in [6, 6.07) is 16.8. The van der Waals surface area contributed by atoms with E-state index in [-0.39, 0.29) is 0 Å². The molecule has 0 unspecified atom stereocenters. The Hall–Kier alpha value is -2.02. The van der Waals surface area contributed by atoms with Crippen LogP contribution in [0.5, 0.6) is 0 Å². The van der Waals surface area contributed by atoms with Crippen LogP contribution in [0.2, 0.25) is 0 Å². The zero-order valence-corrected chi connectivity index (χ0v) is 8.18. The highest BCUT2D eigenvalue weighted by molar-refractivity contribution is 5.87. The van der Waals surface area contributed by atoms with E-state index in [0.29, 0.717) is 0 Å². The molecule has 0 spiro atoms. The largest absolute Gasteiger partial charge is 0.472 e. The summed E-state index contributed by atoms with van der Waals surface area (Å²) in [6.45, 7) is 0. The van der Waals surface area contributed by atoms with Crippen LogP contribution < -0.4 is 0 Å². The van der Waals surface area contributed by atoms with Crippen molar-refractivity contribution in [2.75, 3.05) is 0 Å². The third-order valence-corrected chi connectivity index (χ3v) is 2.60. The van der Waals surface area contributed by atoms with Crippen LogP contribution in [0.3, 0.4) is 0 Å². The molecule has 72 valence electrons. The van der Waals surface area contributed by atoms with Crippen molar-refractivity contribution in [3.63, 3.8) is 0 Å². The van der Waals surface area contributed by atoms with E-state index in [0.717, 1.165) is 5.56 Å². The normalized spacial score (nSPS) is 10.7. The van der Waals surface area contributed by atoms with Gasteiger partial charge in [-0.05, 0) is 28.5 Å². The van der Waals surface area contributed by atoms with Crippen molar-refractivity contribution in [1.29, 1.82) is 0 Å². The Morgan fingerprint density at radius 3 is 2.40 bits per heavy atom. The van der Waals surface area contributed by atoms with E-state index in [1.165, 1.54) is 16.3 Å². The van der Waals surface area contributed by atoms with Crippen molar-refractivity contribution in [3.05, 3.63) is 61.1 Å². The van der Waals surface area contributed by atoms with Gasteiger partial charge < -0.3 is 4.42 Å². The summed E-state index contributed by atoms with van der Waals surface area (Å²) >= 11 is 0. The van der Waals surface area contributed by atoms with Crippen molar-refractivity contribution < 1.29 is 4.42 Å². The van der Waals surface area contributed by atoms with Crippen LogP contribution in [0.25, 0.3) is 21.9 Å². The molecule has 1 aromatic heterocycles. The molecule has 1 heteroatoms. The molecule has 0 saturated heterocycles. The number of rotatable bonds is 1. The molecular weight excluding hydrogens is 184 g/mol. The summed E-state index contributed by atoms with van der Waals surface area (Å²) < 4.78 is 5.08. The van der Waals surface area contributed by atoms with E-state index in [9.17, 15) is 0 Å². The van der Waals surface area contributed by atoms with E-state index >= 15 is 0 Å². The van der Waals surface area contributed by atoms with E-state index in [4.69, 9.17) is 4.42 Å². The lowest BCUT2D eigenvalue weighted by molar-refractivity contribution is 0.568. The molecule has 0 aliphatic carbocycles. The van der Waals surface area contributed by atoms with Gasteiger partial charge in [0.2, 0.25) is 0 Å². The number of benzene rings is 2. The topological polar surface area (TPSA) is 13.1 Å². The quantitative estimate of drug-likeness (QED) is 0.568. The molecule has 0 fully saturated rings. The molecule has 1 heterocycles. The molecule has 2 aromatic carbocycles. The maximum Gasteiger partial charge on any atom is 0.0980 e. The van der Waals surface area contributed by atoms with Crippen LogP contribution in [0.4, 0.5) is 0 Å². The van der Waals surface area contributed by atoms with Crippen LogP contribution in [0.15, 0.2) is 65.5 Å². The number of hydrogen-bond acceptors (Lipinski definition) is 1. The first-order valence-electron chi connectivity index (χ1n) is 4.95. The minimum Gasteiger partial charge on any atom is -0.472 e. The molecule has 0 amide bonds. The van der Waals surface area contributed by atoms with E-state index < -0.39 is 0 Å². The highest BCUT2D eigenvalue weighted by atomic mass is 16.3. The summed E-state index contributed by atoms with van der Waals surface area (Å²) in [7, 11) is 0. The zero-order valence-electron chi connectivity index (χ0n) is 8.18. The van der Waals surface area contributed by atoms with Crippen molar-refractivity contribution in [2.24, 2.45) is 0 Å². The van der Waals surface area contributed by atoms with E-state index in [1.54, 1.807) is 12.5 Å². The second kappa shape index (κ2) is 3.28. The molecule has 3 aromatic rings. The van der Waals surface area contributed by atoms with Crippen molar-refractivity contribution in [3.8, 4) is 11.1 Å². The first kappa shape index (κ1) is 8.30. The minimum absolute atomic E-state index is 1.13. The molecule has 3 rings (SSSR count). The van der Waals surface area contributed by atoms with Crippen LogP contribution in [-0.2, 0) is 0 Å². The summed E-state index contributed by atoms with van der Waals surface area (Å²) in [5, 5.41) is 2.53. The van der Waals surface area contributed by atoms with Crippen LogP contribution in [0.1, 0.15) is 0 Å². The number of furan rings is 1. The molecule has 0 N–H and O–H groups in total. The second-order valence-corrected chi connectivity index (χ2v) is 3.57. The second-order valence-electron chi connectivity index (χ2n) is 3.57. The Morgan fingerprint density at radius 1 is 0.733 bits per heavy atom. The Labute approximate surface area is 88.0 Å². The lowest BCUT2D eigenvalue weighted by atomic mass is 10.0. The zero-order chi connectivity index (χ0) is 10.1. The average Bonchev–Trinajstić information content (AvgIpc) is 2.82. The molecular formula is C14H10O. The van der Waals surface area contributed by atoms with Gasteiger partial charge in [-0.25, -0.2) is 0 Å². The Bertz CT molecular complexity index is 579. The number of fused-ring (bicyclic) bond motifs is 1. The highest BCUT2D eigenvalue weighted by Gasteiger charge is 1.99. The molecule has 0 radical (unpaired) electrons. The van der Waals surface area contributed by atoms with Crippen molar-refractivity contribution >= 4 is 10.8 Å². The van der Waals surface area contributed by atoms with Crippen molar-refractivity contribution in [2.45, 2.75) is 0 Å². The molecule has 15 heavy (non-hydrogen) atoms. The molecule has 0 aliphatic rings. The molecule has 0 saturated carbocycles. The maximum atomic E-state index is 5.08. The van der Waals surface area contributed by atoms with Gasteiger partial charge in [0.15, 0.2) is 0 Å². The summed E-state index contributed by atoms with van der Waals surface area (Å²) in [5.41, 5.74) is 2.32. The van der Waals surface area contributed by atoms with Gasteiger partial charge in [-0.1, -0.05) is 36.4 Å². The van der Waals surface area contributed by atoms with Gasteiger partial charge in [-0.2, -0.15) is 0 Å².